The highest BCUT2D eigenvalue weighted by atomic mass is 16.5. The van der Waals surface area contributed by atoms with Crippen LogP contribution in [0.2, 0.25) is 0 Å². The first kappa shape index (κ1) is 17.3. The van der Waals surface area contributed by atoms with Gasteiger partial charge in [0.05, 0.1) is 42.8 Å². The number of fused-ring (bicyclic) bond motifs is 1. The summed E-state index contributed by atoms with van der Waals surface area (Å²) in [6, 6.07) is 9.88. The number of esters is 1. The van der Waals surface area contributed by atoms with Crippen LogP contribution in [0.1, 0.15) is 10.4 Å². The number of rotatable bonds is 6. The van der Waals surface area contributed by atoms with E-state index in [1.807, 2.05) is 0 Å². The number of H-pyrrole nitrogens is 1. The lowest BCUT2D eigenvalue weighted by Crippen LogP contribution is -2.21. The molecule has 26 heavy (non-hydrogen) atoms. The van der Waals surface area contributed by atoms with Crippen LogP contribution in [0.4, 0.5) is 5.69 Å². The Morgan fingerprint density at radius 2 is 1.96 bits per heavy atom. The predicted molar refractivity (Wildman–Crippen MR) is 94.6 cm³/mol. The van der Waals surface area contributed by atoms with E-state index in [1.54, 1.807) is 36.4 Å². The molecule has 2 N–H and O–H groups in total. The van der Waals surface area contributed by atoms with E-state index in [0.717, 1.165) is 5.52 Å². The molecule has 1 heterocycles. The minimum Gasteiger partial charge on any atom is -0.497 e. The van der Waals surface area contributed by atoms with E-state index in [4.69, 9.17) is 14.2 Å². The molecule has 0 fully saturated rings. The number of anilines is 1. The Bertz CT molecular complexity index is 951. The molecule has 0 radical (unpaired) electrons. The normalized spacial score (nSPS) is 10.4. The number of benzene rings is 2. The van der Waals surface area contributed by atoms with Gasteiger partial charge >= 0.3 is 5.97 Å². The lowest BCUT2D eigenvalue weighted by molar-refractivity contribution is -0.119. The van der Waals surface area contributed by atoms with Crippen LogP contribution in [-0.2, 0) is 9.53 Å². The molecule has 134 valence electrons. The van der Waals surface area contributed by atoms with Gasteiger partial charge in [-0.25, -0.2) is 9.78 Å². The molecule has 2 aromatic carbocycles. The molecule has 8 nitrogen and oxygen atoms in total. The number of aromatic nitrogens is 2. The predicted octanol–water partition coefficient (Wildman–Crippen LogP) is 2.38. The summed E-state index contributed by atoms with van der Waals surface area (Å²) in [6.07, 6.45) is 1.54. The number of ether oxygens (including phenoxy) is 3. The lowest BCUT2D eigenvalue weighted by atomic mass is 10.2. The maximum Gasteiger partial charge on any atom is 0.338 e. The summed E-state index contributed by atoms with van der Waals surface area (Å²) >= 11 is 0. The monoisotopic (exact) mass is 355 g/mol. The number of nitrogens with one attached hydrogen (secondary N) is 2. The molecule has 0 aliphatic heterocycles. The first-order chi connectivity index (χ1) is 12.6. The van der Waals surface area contributed by atoms with E-state index < -0.39 is 18.5 Å². The fourth-order valence-corrected chi connectivity index (χ4v) is 2.37. The van der Waals surface area contributed by atoms with Crippen molar-refractivity contribution in [2.45, 2.75) is 0 Å². The number of imidazole rings is 1. The summed E-state index contributed by atoms with van der Waals surface area (Å²) < 4.78 is 15.4. The number of amides is 1. The molecule has 0 unspecified atom stereocenters. The third kappa shape index (κ3) is 3.75. The quantitative estimate of drug-likeness (QED) is 0.658. The Morgan fingerprint density at radius 1 is 1.12 bits per heavy atom. The molecule has 0 spiro atoms. The fraction of sp³-hybridized carbons (Fsp3) is 0.167. The maximum absolute atomic E-state index is 12.1. The average Bonchev–Trinajstić information content (AvgIpc) is 3.14. The zero-order valence-electron chi connectivity index (χ0n) is 14.2. The van der Waals surface area contributed by atoms with Crippen molar-refractivity contribution >= 4 is 28.6 Å². The van der Waals surface area contributed by atoms with Crippen LogP contribution in [0.5, 0.6) is 11.5 Å². The van der Waals surface area contributed by atoms with Crippen molar-refractivity contribution in [1.29, 1.82) is 0 Å². The molecule has 0 saturated heterocycles. The maximum atomic E-state index is 12.1. The second-order valence-corrected chi connectivity index (χ2v) is 5.32. The van der Waals surface area contributed by atoms with Crippen LogP contribution in [0.15, 0.2) is 42.7 Å². The highest BCUT2D eigenvalue weighted by Crippen LogP contribution is 2.28. The smallest absolute Gasteiger partial charge is 0.338 e. The van der Waals surface area contributed by atoms with Crippen molar-refractivity contribution in [3.05, 3.63) is 48.3 Å². The molecule has 0 aliphatic rings. The van der Waals surface area contributed by atoms with Gasteiger partial charge in [0.1, 0.15) is 11.5 Å². The molecule has 3 rings (SSSR count). The number of hydrogen-bond acceptors (Lipinski definition) is 6. The Morgan fingerprint density at radius 3 is 2.73 bits per heavy atom. The van der Waals surface area contributed by atoms with Gasteiger partial charge in [0.15, 0.2) is 6.61 Å². The molecule has 8 heteroatoms. The van der Waals surface area contributed by atoms with E-state index in [2.05, 4.69) is 15.3 Å². The van der Waals surface area contributed by atoms with Gasteiger partial charge in [0.2, 0.25) is 0 Å². The second-order valence-electron chi connectivity index (χ2n) is 5.32. The van der Waals surface area contributed by atoms with Gasteiger partial charge in [0, 0.05) is 6.07 Å². The van der Waals surface area contributed by atoms with E-state index >= 15 is 0 Å². The Kier molecular flexibility index (Phi) is 5.02. The number of aromatic amines is 1. The molecular weight excluding hydrogens is 338 g/mol. The zero-order chi connectivity index (χ0) is 18.5. The molecule has 0 aliphatic carbocycles. The number of hydrogen-bond donors (Lipinski definition) is 2. The van der Waals surface area contributed by atoms with Crippen LogP contribution >= 0.6 is 0 Å². The van der Waals surface area contributed by atoms with Gasteiger partial charge in [-0.2, -0.15) is 0 Å². The van der Waals surface area contributed by atoms with Crippen molar-refractivity contribution in [2.24, 2.45) is 0 Å². The van der Waals surface area contributed by atoms with Crippen LogP contribution < -0.4 is 14.8 Å². The fourth-order valence-electron chi connectivity index (χ4n) is 2.37. The van der Waals surface area contributed by atoms with Crippen molar-refractivity contribution in [3.8, 4) is 11.5 Å². The van der Waals surface area contributed by atoms with E-state index in [-0.39, 0.29) is 0 Å². The van der Waals surface area contributed by atoms with E-state index in [1.165, 1.54) is 20.5 Å². The highest BCUT2D eigenvalue weighted by Gasteiger charge is 2.13. The van der Waals surface area contributed by atoms with Crippen LogP contribution in [0, 0.1) is 0 Å². The topological polar surface area (TPSA) is 103 Å². The molecule has 0 atom stereocenters. The van der Waals surface area contributed by atoms with E-state index in [0.29, 0.717) is 28.3 Å². The lowest BCUT2D eigenvalue weighted by Gasteiger charge is -2.11. The van der Waals surface area contributed by atoms with Gasteiger partial charge in [-0.1, -0.05) is 0 Å². The Hall–Kier alpha value is -3.55. The third-order valence-corrected chi connectivity index (χ3v) is 3.67. The zero-order valence-corrected chi connectivity index (χ0v) is 14.2. The minimum absolute atomic E-state index is 0.330. The minimum atomic E-state index is -0.599. The van der Waals surface area contributed by atoms with Crippen molar-refractivity contribution in [3.63, 3.8) is 0 Å². The summed E-state index contributed by atoms with van der Waals surface area (Å²) in [4.78, 5) is 31.1. The molecule has 0 bridgehead atoms. The summed E-state index contributed by atoms with van der Waals surface area (Å²) in [5.41, 5.74) is 2.24. The number of carbonyl (C=O) groups is 2. The van der Waals surface area contributed by atoms with Gasteiger partial charge in [-0.05, 0) is 30.3 Å². The average molecular weight is 355 g/mol. The molecule has 1 amide bonds. The summed E-state index contributed by atoms with van der Waals surface area (Å²) in [7, 11) is 3.02. The number of methoxy groups -OCH3 is 2. The largest absolute Gasteiger partial charge is 0.497 e. The third-order valence-electron chi connectivity index (χ3n) is 3.67. The number of nitrogens with zero attached hydrogens (tertiary/aromatic N) is 1. The van der Waals surface area contributed by atoms with Crippen molar-refractivity contribution in [1.82, 2.24) is 9.97 Å². The Balaban J connectivity index is 1.60. The van der Waals surface area contributed by atoms with Crippen molar-refractivity contribution < 1.29 is 23.8 Å². The SMILES string of the molecule is COc1ccc(NC(=O)COC(=O)c2ccc3nc[nH]c3c2)c(OC)c1. The van der Waals surface area contributed by atoms with Gasteiger partial charge in [-0.15, -0.1) is 0 Å². The van der Waals surface area contributed by atoms with Gasteiger partial charge < -0.3 is 24.5 Å². The summed E-state index contributed by atoms with van der Waals surface area (Å²) in [5, 5.41) is 2.63. The molecule has 0 saturated carbocycles. The van der Waals surface area contributed by atoms with Crippen LogP contribution in [0.25, 0.3) is 11.0 Å². The summed E-state index contributed by atoms with van der Waals surface area (Å²) in [5.74, 6) is -0.0445. The first-order valence-corrected chi connectivity index (χ1v) is 7.73. The first-order valence-electron chi connectivity index (χ1n) is 7.73. The second kappa shape index (κ2) is 7.56. The van der Waals surface area contributed by atoms with Crippen LogP contribution in [-0.4, -0.2) is 42.7 Å². The molecule has 1 aromatic heterocycles. The van der Waals surface area contributed by atoms with E-state index in [9.17, 15) is 9.59 Å². The Labute approximate surface area is 149 Å². The van der Waals surface area contributed by atoms with Crippen molar-refractivity contribution in [2.75, 3.05) is 26.1 Å². The van der Waals surface area contributed by atoms with Crippen LogP contribution in [0.3, 0.4) is 0 Å². The number of carbonyl (C=O) groups excluding carboxylic acids is 2. The standard InChI is InChI=1S/C18H17N3O5/c1-24-12-4-6-14(16(8-12)25-2)21-17(22)9-26-18(23)11-3-5-13-15(7-11)20-10-19-13/h3-8,10H,9H2,1-2H3,(H,19,20)(H,21,22). The van der Waals surface area contributed by atoms with Gasteiger partial charge in [0.25, 0.3) is 5.91 Å². The summed E-state index contributed by atoms with van der Waals surface area (Å²) in [6.45, 7) is -0.422. The van der Waals surface area contributed by atoms with Gasteiger partial charge in [-0.3, -0.25) is 4.79 Å². The molecule has 3 aromatic rings. The highest BCUT2D eigenvalue weighted by molar-refractivity contribution is 5.97. The molecular formula is C18H17N3O5.